The van der Waals surface area contributed by atoms with Crippen molar-refractivity contribution in [3.05, 3.63) is 216 Å². The number of fused-ring (bicyclic) bond motifs is 12. The maximum absolute atomic E-state index is 2.48. The molecule has 2 heterocycles. The summed E-state index contributed by atoms with van der Waals surface area (Å²) < 4.78 is 2.48. The molecule has 2 nitrogen and oxygen atoms in total. The molecule has 13 rings (SSSR count). The van der Waals surface area contributed by atoms with Gasteiger partial charge in [-0.15, -0.1) is 0 Å². The predicted octanol–water partition coefficient (Wildman–Crippen LogP) is 16.3. The molecule has 2 aromatic heterocycles. The van der Waals surface area contributed by atoms with Crippen molar-refractivity contribution in [2.75, 3.05) is 4.90 Å². The van der Waals surface area contributed by atoms with Crippen LogP contribution in [0, 0.1) is 0 Å². The minimum absolute atomic E-state index is 0.104. The van der Waals surface area contributed by atoms with E-state index in [0.717, 1.165) is 11.4 Å². The van der Waals surface area contributed by atoms with Gasteiger partial charge in [-0.05, 0) is 121 Å². The maximum Gasteiger partial charge on any atom is 0.0620 e. The highest BCUT2D eigenvalue weighted by atomic mass is 15.1. The molecule has 0 atom stereocenters. The Bertz CT molecular complexity index is 3620. The van der Waals surface area contributed by atoms with Crippen molar-refractivity contribution in [3.63, 3.8) is 0 Å². The van der Waals surface area contributed by atoms with Crippen molar-refractivity contribution in [2.45, 2.75) is 38.5 Å². The normalized spacial score (nSPS) is 14.4. The molecular weight excluding hydrogens is 749 g/mol. The Hall–Kier alpha value is -7.42. The monoisotopic (exact) mass is 792 g/mol. The van der Waals surface area contributed by atoms with Gasteiger partial charge in [0, 0.05) is 49.4 Å². The Labute approximate surface area is 362 Å². The first-order chi connectivity index (χ1) is 30.3. The molecule has 11 aromatic rings. The highest BCUT2D eigenvalue weighted by Crippen LogP contribution is 2.54. The molecule has 0 saturated heterocycles. The number of anilines is 3. The average Bonchev–Trinajstić information content (AvgIpc) is 3.98. The van der Waals surface area contributed by atoms with E-state index in [9.17, 15) is 0 Å². The first-order valence-corrected chi connectivity index (χ1v) is 21.9. The third-order valence-electron chi connectivity index (χ3n) is 14.5. The van der Waals surface area contributed by atoms with Crippen LogP contribution in [0.1, 0.15) is 49.9 Å². The second-order valence-electron chi connectivity index (χ2n) is 18.5. The van der Waals surface area contributed by atoms with Crippen LogP contribution in [0.3, 0.4) is 0 Å². The summed E-state index contributed by atoms with van der Waals surface area (Å²) in [5.41, 5.74) is 22.8. The molecule has 2 aliphatic carbocycles. The molecule has 0 spiro atoms. The van der Waals surface area contributed by atoms with Crippen molar-refractivity contribution in [1.29, 1.82) is 0 Å². The number of hydrogen-bond acceptors (Lipinski definition) is 1. The van der Waals surface area contributed by atoms with Crippen molar-refractivity contribution >= 4 is 55.2 Å². The van der Waals surface area contributed by atoms with Crippen LogP contribution in [0.15, 0.2) is 194 Å². The minimum Gasteiger partial charge on any atom is -0.310 e. The van der Waals surface area contributed by atoms with Gasteiger partial charge in [-0.1, -0.05) is 167 Å². The van der Waals surface area contributed by atoms with Crippen LogP contribution in [-0.2, 0) is 10.8 Å². The smallest absolute Gasteiger partial charge is 0.0620 e. The summed E-state index contributed by atoms with van der Waals surface area (Å²) in [7, 11) is 0. The lowest BCUT2D eigenvalue weighted by molar-refractivity contribution is 0.660. The van der Waals surface area contributed by atoms with Gasteiger partial charge in [0.15, 0.2) is 0 Å². The van der Waals surface area contributed by atoms with Crippen molar-refractivity contribution in [1.82, 2.24) is 4.40 Å². The highest BCUT2D eigenvalue weighted by molar-refractivity contribution is 6.25. The predicted molar refractivity (Wildman–Crippen MR) is 262 cm³/mol. The lowest BCUT2D eigenvalue weighted by Gasteiger charge is -2.30. The van der Waals surface area contributed by atoms with E-state index in [4.69, 9.17) is 0 Å². The zero-order valence-corrected chi connectivity index (χ0v) is 35.4. The van der Waals surface area contributed by atoms with E-state index in [1.807, 2.05) is 0 Å². The van der Waals surface area contributed by atoms with Gasteiger partial charge in [0.1, 0.15) is 0 Å². The zero-order valence-electron chi connectivity index (χ0n) is 35.4. The number of rotatable bonds is 5. The summed E-state index contributed by atoms with van der Waals surface area (Å²) >= 11 is 0. The Kier molecular flexibility index (Phi) is 7.16. The minimum atomic E-state index is -0.222. The van der Waals surface area contributed by atoms with Crippen LogP contribution in [0.25, 0.3) is 82.6 Å². The van der Waals surface area contributed by atoms with E-state index in [1.54, 1.807) is 0 Å². The quantitative estimate of drug-likeness (QED) is 0.168. The molecule has 0 N–H and O–H groups in total. The van der Waals surface area contributed by atoms with Gasteiger partial charge in [-0.25, -0.2) is 0 Å². The summed E-state index contributed by atoms with van der Waals surface area (Å²) in [5, 5.41) is 5.26. The molecule has 0 aliphatic heterocycles. The first kappa shape index (κ1) is 35.3. The molecule has 0 saturated carbocycles. The third kappa shape index (κ3) is 4.75. The lowest BCUT2D eigenvalue weighted by atomic mass is 9.81. The second-order valence-corrected chi connectivity index (χ2v) is 18.5. The van der Waals surface area contributed by atoms with Gasteiger partial charge in [0.2, 0.25) is 0 Å². The molecule has 0 radical (unpaired) electrons. The van der Waals surface area contributed by atoms with Gasteiger partial charge in [0.25, 0.3) is 0 Å². The van der Waals surface area contributed by atoms with E-state index in [0.29, 0.717) is 0 Å². The summed E-state index contributed by atoms with van der Waals surface area (Å²) in [6, 6.07) is 72.6. The Balaban J connectivity index is 0.943. The molecule has 0 unspecified atom stereocenters. The highest BCUT2D eigenvalue weighted by Gasteiger charge is 2.38. The second kappa shape index (κ2) is 12.6. The fraction of sp³-hybridized carbons (Fsp3) is 0.100. The van der Waals surface area contributed by atoms with Gasteiger partial charge in [0.05, 0.1) is 16.6 Å². The van der Waals surface area contributed by atoms with Crippen LogP contribution in [0.4, 0.5) is 17.1 Å². The SMILES string of the molecule is CC1(C)c2ccccc2-c2ccc(N(c3ccc(-c4ccccc4)cc3)c3ccc4c(c3)C(C)(C)c3cc(-c5cccc6c5c5cccc7c8ccccc8n6c75)ccc3-4)cc21. The number of nitrogens with zero attached hydrogens (tertiary/aromatic N) is 2. The molecule has 0 amide bonds. The number of benzene rings is 9. The molecule has 2 aliphatic rings. The van der Waals surface area contributed by atoms with Crippen LogP contribution < -0.4 is 4.90 Å². The van der Waals surface area contributed by atoms with Gasteiger partial charge in [-0.3, -0.25) is 0 Å². The summed E-state index contributed by atoms with van der Waals surface area (Å²) in [6.07, 6.45) is 0. The molecular formula is C60H44N2. The summed E-state index contributed by atoms with van der Waals surface area (Å²) in [6.45, 7) is 9.56. The van der Waals surface area contributed by atoms with Crippen LogP contribution >= 0.6 is 0 Å². The van der Waals surface area contributed by atoms with Crippen LogP contribution in [0.2, 0.25) is 0 Å². The average molecular weight is 793 g/mol. The fourth-order valence-corrected chi connectivity index (χ4v) is 11.5. The topological polar surface area (TPSA) is 7.65 Å². The van der Waals surface area contributed by atoms with Crippen molar-refractivity contribution in [3.8, 4) is 44.5 Å². The van der Waals surface area contributed by atoms with E-state index < -0.39 is 0 Å². The lowest BCUT2D eigenvalue weighted by Crippen LogP contribution is -2.18. The Morgan fingerprint density at radius 1 is 0.339 bits per heavy atom. The van der Waals surface area contributed by atoms with Gasteiger partial charge in [-0.2, -0.15) is 0 Å². The summed E-state index contributed by atoms with van der Waals surface area (Å²) in [4.78, 5) is 2.46. The van der Waals surface area contributed by atoms with Gasteiger partial charge >= 0.3 is 0 Å². The van der Waals surface area contributed by atoms with Gasteiger partial charge < -0.3 is 9.30 Å². The Morgan fingerprint density at radius 3 is 1.60 bits per heavy atom. The first-order valence-electron chi connectivity index (χ1n) is 21.9. The molecule has 294 valence electrons. The fourth-order valence-electron chi connectivity index (χ4n) is 11.5. The molecule has 0 bridgehead atoms. The molecule has 2 heteroatoms. The number of para-hydroxylation sites is 2. The van der Waals surface area contributed by atoms with Crippen molar-refractivity contribution < 1.29 is 0 Å². The zero-order chi connectivity index (χ0) is 41.5. The molecule has 9 aromatic carbocycles. The van der Waals surface area contributed by atoms with Crippen molar-refractivity contribution in [2.24, 2.45) is 0 Å². The Morgan fingerprint density at radius 2 is 0.839 bits per heavy atom. The molecule has 62 heavy (non-hydrogen) atoms. The number of hydrogen-bond donors (Lipinski definition) is 0. The number of aromatic nitrogens is 1. The maximum atomic E-state index is 2.48. The third-order valence-corrected chi connectivity index (χ3v) is 14.5. The molecule has 0 fully saturated rings. The van der Waals surface area contributed by atoms with Crippen LogP contribution in [0.5, 0.6) is 0 Å². The van der Waals surface area contributed by atoms with E-state index in [-0.39, 0.29) is 10.8 Å². The van der Waals surface area contributed by atoms with E-state index >= 15 is 0 Å². The van der Waals surface area contributed by atoms with Crippen LogP contribution in [-0.4, -0.2) is 4.40 Å². The van der Waals surface area contributed by atoms with E-state index in [2.05, 4.69) is 231 Å². The summed E-state index contributed by atoms with van der Waals surface area (Å²) in [5.74, 6) is 0. The largest absolute Gasteiger partial charge is 0.310 e. The van der Waals surface area contributed by atoms with E-state index in [1.165, 1.54) is 111 Å². The standard InChI is InChI=1S/C60H44N2/c1-59(2)51-21-10-8-16-44(51)46-32-29-41(35-53(46)59)61(40-27-24-38(25-28-40)37-14-6-5-7-15-37)42-30-33-47-45-31-26-39(34-52(45)60(3,4)54(47)36-42)43-18-13-23-56-57(43)50-20-12-19-49-48-17-9-11-22-55(48)62(56)58(49)50/h5-36H,1-4H3.